The molecule has 1 aromatic heterocycles. The van der Waals surface area contributed by atoms with Gasteiger partial charge in [-0.1, -0.05) is 11.8 Å². The topological polar surface area (TPSA) is 51.8 Å². The average molecular weight is 227 g/mol. The zero-order valence-electron chi connectivity index (χ0n) is 8.12. The number of hydrogen-bond acceptors (Lipinski definition) is 5. The maximum absolute atomic E-state index is 5.69. The quantitative estimate of drug-likeness (QED) is 0.612. The van der Waals surface area contributed by atoms with Crippen molar-refractivity contribution in [2.24, 2.45) is 5.73 Å². The number of hydrogen-bond donors (Lipinski definition) is 1. The first-order valence-electron chi connectivity index (χ1n) is 4.55. The molecule has 0 amide bonds. The summed E-state index contributed by atoms with van der Waals surface area (Å²) in [5.74, 6) is 2.18. The molecule has 0 fully saturated rings. The minimum atomic E-state index is 0.531. The van der Waals surface area contributed by atoms with E-state index in [1.54, 1.807) is 11.8 Å². The van der Waals surface area contributed by atoms with Crippen LogP contribution in [0.5, 0.6) is 0 Å². The number of nitrogens with zero attached hydrogens (tertiary/aromatic N) is 2. The predicted octanol–water partition coefficient (Wildman–Crippen LogP) is 1.45. The van der Waals surface area contributed by atoms with Crippen molar-refractivity contribution >= 4 is 23.5 Å². The number of nitrogens with two attached hydrogens (primary N) is 1. The van der Waals surface area contributed by atoms with Gasteiger partial charge in [0.1, 0.15) is 0 Å². The zero-order chi connectivity index (χ0) is 9.97. The van der Waals surface area contributed by atoms with Crippen molar-refractivity contribution in [3.8, 4) is 0 Å². The third-order valence-electron chi connectivity index (χ3n) is 2.27. The van der Waals surface area contributed by atoms with E-state index in [-0.39, 0.29) is 0 Å². The van der Waals surface area contributed by atoms with Gasteiger partial charge in [0.25, 0.3) is 0 Å². The second-order valence-electron chi connectivity index (χ2n) is 3.09. The van der Waals surface area contributed by atoms with Crippen molar-refractivity contribution in [3.63, 3.8) is 0 Å². The van der Waals surface area contributed by atoms with E-state index in [1.165, 1.54) is 17.0 Å². The van der Waals surface area contributed by atoms with Crippen LogP contribution in [-0.4, -0.2) is 22.0 Å². The molecule has 1 aliphatic heterocycles. The van der Waals surface area contributed by atoms with Crippen LogP contribution in [0.4, 0.5) is 0 Å². The summed E-state index contributed by atoms with van der Waals surface area (Å²) in [5, 5.41) is 0.853. The van der Waals surface area contributed by atoms with Crippen LogP contribution < -0.4 is 5.73 Å². The maximum atomic E-state index is 5.69. The second-order valence-corrected chi connectivity index (χ2v) is 4.97. The molecule has 0 saturated carbocycles. The summed E-state index contributed by atoms with van der Waals surface area (Å²) in [5.41, 5.74) is 9.22. The van der Waals surface area contributed by atoms with Crippen LogP contribution in [0.1, 0.15) is 17.0 Å². The molecule has 5 heteroatoms. The molecule has 0 aliphatic carbocycles. The molecule has 0 bridgehead atoms. The Hall–Kier alpha value is -0.260. The fourth-order valence-corrected chi connectivity index (χ4v) is 2.90. The average Bonchev–Trinajstić information content (AvgIpc) is 2.27. The summed E-state index contributed by atoms with van der Waals surface area (Å²) >= 11 is 3.52. The molecule has 0 radical (unpaired) electrons. The minimum absolute atomic E-state index is 0.531. The molecule has 0 aromatic carbocycles. The van der Waals surface area contributed by atoms with Crippen molar-refractivity contribution in [1.29, 1.82) is 0 Å². The van der Waals surface area contributed by atoms with E-state index in [2.05, 4.69) is 9.97 Å². The Morgan fingerprint density at radius 2 is 2.36 bits per heavy atom. The molecule has 3 nitrogen and oxygen atoms in total. The van der Waals surface area contributed by atoms with E-state index in [0.717, 1.165) is 23.0 Å². The molecule has 1 aliphatic rings. The molecule has 2 rings (SSSR count). The number of aromatic nitrogens is 2. The van der Waals surface area contributed by atoms with Crippen LogP contribution in [0.3, 0.4) is 0 Å². The lowest BCUT2D eigenvalue weighted by molar-refractivity contribution is 0.806. The van der Waals surface area contributed by atoms with Crippen LogP contribution in [0.2, 0.25) is 0 Å². The lowest BCUT2D eigenvalue weighted by Gasteiger charge is -2.17. The van der Waals surface area contributed by atoms with Crippen molar-refractivity contribution < 1.29 is 0 Å². The maximum Gasteiger partial charge on any atom is 0.187 e. The molecule has 0 atom stereocenters. The fraction of sp³-hybridized carbons (Fsp3) is 0.556. The Labute approximate surface area is 92.3 Å². The standard InChI is InChI=1S/C9H13N3S2/c1-13-9-11-7(4-10)6-2-3-14-5-8(6)12-9/h2-5,10H2,1H3. The zero-order valence-corrected chi connectivity index (χ0v) is 9.75. The lowest BCUT2D eigenvalue weighted by Crippen LogP contribution is -2.14. The van der Waals surface area contributed by atoms with Crippen molar-refractivity contribution in [2.45, 2.75) is 23.9 Å². The highest BCUT2D eigenvalue weighted by molar-refractivity contribution is 7.98. The Balaban J connectivity index is 2.47. The largest absolute Gasteiger partial charge is 0.325 e. The molecule has 14 heavy (non-hydrogen) atoms. The normalized spacial score (nSPS) is 15.3. The summed E-state index contributed by atoms with van der Waals surface area (Å²) in [6.45, 7) is 0.531. The molecule has 76 valence electrons. The van der Waals surface area contributed by atoms with Gasteiger partial charge >= 0.3 is 0 Å². The Morgan fingerprint density at radius 1 is 1.50 bits per heavy atom. The number of thioether (sulfide) groups is 2. The fourth-order valence-electron chi connectivity index (χ4n) is 1.57. The summed E-state index contributed by atoms with van der Waals surface area (Å²) in [6, 6.07) is 0. The molecule has 2 N–H and O–H groups in total. The van der Waals surface area contributed by atoms with E-state index < -0.39 is 0 Å². The van der Waals surface area contributed by atoms with Crippen LogP contribution in [0, 0.1) is 0 Å². The van der Waals surface area contributed by atoms with Crippen LogP contribution in [0.25, 0.3) is 0 Å². The third kappa shape index (κ3) is 1.89. The smallest absolute Gasteiger partial charge is 0.187 e. The molecule has 0 spiro atoms. The van der Waals surface area contributed by atoms with Gasteiger partial charge in [0.2, 0.25) is 0 Å². The first-order valence-corrected chi connectivity index (χ1v) is 6.93. The molecule has 1 aromatic rings. The monoisotopic (exact) mass is 227 g/mol. The molecule has 2 heterocycles. The predicted molar refractivity (Wildman–Crippen MR) is 61.6 cm³/mol. The van der Waals surface area contributed by atoms with Gasteiger partial charge in [0.05, 0.1) is 11.4 Å². The number of fused-ring (bicyclic) bond motifs is 1. The highest BCUT2D eigenvalue weighted by Crippen LogP contribution is 2.26. The molecular formula is C9H13N3S2. The summed E-state index contributed by atoms with van der Waals surface area (Å²) in [7, 11) is 0. The van der Waals surface area contributed by atoms with Gasteiger partial charge in [0.15, 0.2) is 5.16 Å². The highest BCUT2D eigenvalue weighted by atomic mass is 32.2. The van der Waals surface area contributed by atoms with Crippen molar-refractivity contribution in [2.75, 3.05) is 12.0 Å². The van der Waals surface area contributed by atoms with Crippen LogP contribution in [-0.2, 0) is 18.7 Å². The first-order chi connectivity index (χ1) is 6.85. The minimum Gasteiger partial charge on any atom is -0.325 e. The van der Waals surface area contributed by atoms with E-state index in [9.17, 15) is 0 Å². The van der Waals surface area contributed by atoms with Gasteiger partial charge in [-0.25, -0.2) is 9.97 Å². The van der Waals surface area contributed by atoms with Gasteiger partial charge < -0.3 is 5.73 Å². The van der Waals surface area contributed by atoms with Crippen LogP contribution >= 0.6 is 23.5 Å². The Bertz CT molecular complexity index is 324. The van der Waals surface area contributed by atoms with Gasteiger partial charge in [-0.05, 0) is 24.0 Å². The SMILES string of the molecule is CSc1nc(CN)c2c(n1)CSCC2. The summed E-state index contributed by atoms with van der Waals surface area (Å²) < 4.78 is 0. The lowest BCUT2D eigenvalue weighted by atomic mass is 10.1. The van der Waals surface area contributed by atoms with Gasteiger partial charge in [-0.15, -0.1) is 0 Å². The summed E-state index contributed by atoms with van der Waals surface area (Å²) in [6.07, 6.45) is 3.07. The van der Waals surface area contributed by atoms with E-state index >= 15 is 0 Å². The molecule has 0 saturated heterocycles. The highest BCUT2D eigenvalue weighted by Gasteiger charge is 2.16. The Morgan fingerprint density at radius 3 is 3.07 bits per heavy atom. The van der Waals surface area contributed by atoms with Gasteiger partial charge in [-0.3, -0.25) is 0 Å². The first kappa shape index (κ1) is 10.3. The van der Waals surface area contributed by atoms with Crippen molar-refractivity contribution in [3.05, 3.63) is 17.0 Å². The summed E-state index contributed by atoms with van der Waals surface area (Å²) in [4.78, 5) is 8.96. The molecular weight excluding hydrogens is 214 g/mol. The molecule has 0 unspecified atom stereocenters. The van der Waals surface area contributed by atoms with E-state index in [1.807, 2.05) is 18.0 Å². The van der Waals surface area contributed by atoms with Crippen LogP contribution in [0.15, 0.2) is 5.16 Å². The number of rotatable bonds is 2. The van der Waals surface area contributed by atoms with E-state index in [0.29, 0.717) is 6.54 Å². The van der Waals surface area contributed by atoms with Crippen molar-refractivity contribution in [1.82, 2.24) is 9.97 Å². The van der Waals surface area contributed by atoms with E-state index in [4.69, 9.17) is 5.73 Å². The van der Waals surface area contributed by atoms with Gasteiger partial charge in [-0.2, -0.15) is 11.8 Å². The Kier molecular flexibility index (Phi) is 3.30. The third-order valence-corrected chi connectivity index (χ3v) is 3.79. The van der Waals surface area contributed by atoms with Gasteiger partial charge in [0, 0.05) is 12.3 Å². The second kappa shape index (κ2) is 4.51.